The Labute approximate surface area is 222 Å². The quantitative estimate of drug-likeness (QED) is 0.247. The first-order valence-electron chi connectivity index (χ1n) is 12.9. The first-order valence-corrected chi connectivity index (χ1v) is 12.9. The Morgan fingerprint density at radius 1 is 0.897 bits per heavy atom. The molecule has 6 aromatic rings. The average molecular weight is 522 g/mol. The molecule has 0 saturated heterocycles. The predicted molar refractivity (Wildman–Crippen MR) is 145 cm³/mol. The lowest BCUT2D eigenvalue weighted by Gasteiger charge is -2.23. The van der Waals surface area contributed by atoms with Crippen molar-refractivity contribution in [3.05, 3.63) is 67.0 Å². The molecule has 0 atom stereocenters. The first-order chi connectivity index (χ1) is 19.1. The topological polar surface area (TPSA) is 125 Å². The second kappa shape index (κ2) is 9.46. The zero-order chi connectivity index (χ0) is 26.3. The molecule has 0 unspecified atom stereocenters. The average Bonchev–Trinajstić information content (AvgIpc) is 3.57. The van der Waals surface area contributed by atoms with Gasteiger partial charge in [0.05, 0.1) is 28.9 Å². The molecule has 5 heterocycles. The Kier molecular flexibility index (Phi) is 5.65. The van der Waals surface area contributed by atoms with Gasteiger partial charge >= 0.3 is 0 Å². The number of phenols is 1. The maximum absolute atomic E-state index is 14.0. The molecule has 3 N–H and O–H groups in total. The summed E-state index contributed by atoms with van der Waals surface area (Å²) in [6, 6.07) is 9.61. The number of fused-ring (bicyclic) bond motifs is 2. The van der Waals surface area contributed by atoms with Crippen molar-refractivity contribution in [3.63, 3.8) is 0 Å². The molecule has 1 aliphatic carbocycles. The van der Waals surface area contributed by atoms with Crippen molar-refractivity contribution in [3.8, 4) is 45.4 Å². The van der Waals surface area contributed by atoms with Crippen LogP contribution in [-0.2, 0) is 0 Å². The molecule has 9 nitrogen and oxygen atoms in total. The number of nitrogens with one attached hydrogen (secondary N) is 2. The normalized spacial score (nSPS) is 14.3. The van der Waals surface area contributed by atoms with E-state index in [2.05, 4.69) is 30.1 Å². The number of halogens is 1. The summed E-state index contributed by atoms with van der Waals surface area (Å²) in [5.41, 5.74) is 5.09. The van der Waals surface area contributed by atoms with E-state index in [4.69, 9.17) is 9.72 Å². The van der Waals surface area contributed by atoms with E-state index in [0.717, 1.165) is 41.2 Å². The predicted octanol–water partition coefficient (Wildman–Crippen LogP) is 6.18. The SMILES string of the molecule is Oc1cc(F)cc(-c2nccc3[nH]c(-c4n[nH]c5ncc(-c6cncc(OC7CCCCC7)c6)cc45)nc23)c1. The minimum Gasteiger partial charge on any atom is -0.508 e. The minimum absolute atomic E-state index is 0.181. The molecule has 1 aliphatic rings. The van der Waals surface area contributed by atoms with E-state index >= 15 is 0 Å². The summed E-state index contributed by atoms with van der Waals surface area (Å²) >= 11 is 0. The minimum atomic E-state index is -0.556. The highest BCUT2D eigenvalue weighted by Gasteiger charge is 2.19. The third-order valence-electron chi connectivity index (χ3n) is 7.10. The van der Waals surface area contributed by atoms with Crippen LogP contribution < -0.4 is 4.74 Å². The van der Waals surface area contributed by atoms with E-state index < -0.39 is 5.82 Å². The van der Waals surface area contributed by atoms with Gasteiger partial charge in [0.2, 0.25) is 0 Å². The van der Waals surface area contributed by atoms with Crippen molar-refractivity contribution in [2.45, 2.75) is 38.2 Å². The Morgan fingerprint density at radius 3 is 2.64 bits per heavy atom. The summed E-state index contributed by atoms with van der Waals surface area (Å²) in [5.74, 6) is 0.531. The molecule has 1 fully saturated rings. The zero-order valence-electron chi connectivity index (χ0n) is 20.9. The Bertz CT molecular complexity index is 1800. The van der Waals surface area contributed by atoms with Crippen LogP contribution >= 0.6 is 0 Å². The van der Waals surface area contributed by atoms with Gasteiger partial charge < -0.3 is 14.8 Å². The number of rotatable bonds is 5. The van der Waals surface area contributed by atoms with Gasteiger partial charge in [-0.3, -0.25) is 15.1 Å². The number of ether oxygens (including phenoxy) is 1. The molecule has 0 aliphatic heterocycles. The van der Waals surface area contributed by atoms with Gasteiger partial charge in [-0.25, -0.2) is 14.4 Å². The Morgan fingerprint density at radius 2 is 1.77 bits per heavy atom. The fraction of sp³-hybridized carbons (Fsp3) is 0.207. The third kappa shape index (κ3) is 4.43. The van der Waals surface area contributed by atoms with Gasteiger partial charge in [0.1, 0.15) is 28.5 Å². The number of hydrogen-bond donors (Lipinski definition) is 3. The number of hydrogen-bond acceptors (Lipinski definition) is 7. The first kappa shape index (κ1) is 23.3. The molecule has 0 spiro atoms. The highest BCUT2D eigenvalue weighted by atomic mass is 19.1. The molecule has 0 bridgehead atoms. The van der Waals surface area contributed by atoms with Crippen molar-refractivity contribution >= 4 is 22.1 Å². The molecule has 1 aromatic carbocycles. The van der Waals surface area contributed by atoms with Crippen LogP contribution in [-0.4, -0.2) is 46.3 Å². The van der Waals surface area contributed by atoms with E-state index in [1.165, 1.54) is 31.4 Å². The van der Waals surface area contributed by atoms with Gasteiger partial charge in [-0.05, 0) is 56.0 Å². The molecule has 7 rings (SSSR count). The number of nitrogens with zero attached hydrogens (tertiary/aromatic N) is 5. The molecule has 1 saturated carbocycles. The molecule has 194 valence electrons. The van der Waals surface area contributed by atoms with Crippen LogP contribution in [0.4, 0.5) is 4.39 Å². The van der Waals surface area contributed by atoms with Crippen LogP contribution in [0.5, 0.6) is 11.5 Å². The lowest BCUT2D eigenvalue weighted by atomic mass is 9.98. The van der Waals surface area contributed by atoms with Crippen LogP contribution in [0.25, 0.3) is 56.0 Å². The molecular weight excluding hydrogens is 497 g/mol. The van der Waals surface area contributed by atoms with Gasteiger partial charge in [-0.2, -0.15) is 5.10 Å². The van der Waals surface area contributed by atoms with Crippen LogP contribution in [0.15, 0.2) is 61.2 Å². The molecular formula is C29H24FN7O2. The van der Waals surface area contributed by atoms with Crippen LogP contribution in [0.3, 0.4) is 0 Å². The lowest BCUT2D eigenvalue weighted by Crippen LogP contribution is -2.19. The summed E-state index contributed by atoms with van der Waals surface area (Å²) < 4.78 is 20.2. The highest BCUT2D eigenvalue weighted by molar-refractivity contribution is 5.96. The maximum Gasteiger partial charge on any atom is 0.159 e. The monoisotopic (exact) mass is 521 g/mol. The number of benzene rings is 1. The summed E-state index contributed by atoms with van der Waals surface area (Å²) in [6.45, 7) is 0. The van der Waals surface area contributed by atoms with Crippen molar-refractivity contribution in [1.29, 1.82) is 0 Å². The second-order valence-corrected chi connectivity index (χ2v) is 9.82. The van der Waals surface area contributed by atoms with Gasteiger partial charge in [0.25, 0.3) is 0 Å². The third-order valence-corrected chi connectivity index (χ3v) is 7.10. The summed E-state index contributed by atoms with van der Waals surface area (Å²) in [7, 11) is 0. The smallest absolute Gasteiger partial charge is 0.159 e. The Balaban J connectivity index is 1.26. The van der Waals surface area contributed by atoms with Gasteiger partial charge in [-0.15, -0.1) is 0 Å². The van der Waals surface area contributed by atoms with Crippen LogP contribution in [0, 0.1) is 5.82 Å². The van der Waals surface area contributed by atoms with E-state index in [1.54, 1.807) is 30.9 Å². The maximum atomic E-state index is 14.0. The summed E-state index contributed by atoms with van der Waals surface area (Å²) in [5, 5.41) is 18.1. The number of pyridine rings is 3. The van der Waals surface area contributed by atoms with Crippen molar-refractivity contribution < 1.29 is 14.2 Å². The number of aromatic nitrogens is 7. The van der Waals surface area contributed by atoms with E-state index in [9.17, 15) is 9.50 Å². The number of aromatic amines is 2. The molecule has 39 heavy (non-hydrogen) atoms. The lowest BCUT2D eigenvalue weighted by molar-refractivity contribution is 0.154. The Hall–Kier alpha value is -4.86. The molecule has 10 heteroatoms. The standard InChI is InChI=1S/C29H24FN7O2/c30-19-8-16(9-20(38)12-19)25-27-24(6-7-32-25)34-29(35-27)26-23-11-18(14-33-28(23)37-36-26)17-10-22(15-31-13-17)39-21-4-2-1-3-5-21/h6-15,21,38H,1-5H2,(H,34,35)(H,33,36,37). The fourth-order valence-corrected chi connectivity index (χ4v) is 5.23. The summed E-state index contributed by atoms with van der Waals surface area (Å²) in [6.07, 6.45) is 13.0. The number of phenolic OH excluding ortho intramolecular Hbond substituents is 1. The highest BCUT2D eigenvalue weighted by Crippen LogP contribution is 2.33. The van der Waals surface area contributed by atoms with Crippen LogP contribution in [0.2, 0.25) is 0 Å². The summed E-state index contributed by atoms with van der Waals surface area (Å²) in [4.78, 5) is 21.4. The molecule has 0 radical (unpaired) electrons. The number of H-pyrrole nitrogens is 2. The largest absolute Gasteiger partial charge is 0.508 e. The van der Waals surface area contributed by atoms with E-state index in [-0.39, 0.29) is 11.9 Å². The second-order valence-electron chi connectivity index (χ2n) is 9.82. The van der Waals surface area contributed by atoms with Gasteiger partial charge in [0.15, 0.2) is 11.5 Å². The van der Waals surface area contributed by atoms with Crippen LogP contribution in [0.1, 0.15) is 32.1 Å². The molecule has 0 amide bonds. The van der Waals surface area contributed by atoms with Crippen molar-refractivity contribution in [2.75, 3.05) is 0 Å². The molecule has 5 aromatic heterocycles. The van der Waals surface area contributed by atoms with Crippen molar-refractivity contribution in [2.24, 2.45) is 0 Å². The van der Waals surface area contributed by atoms with Gasteiger partial charge in [0, 0.05) is 41.3 Å². The van der Waals surface area contributed by atoms with Gasteiger partial charge in [-0.1, -0.05) is 6.42 Å². The fourth-order valence-electron chi connectivity index (χ4n) is 5.23. The van der Waals surface area contributed by atoms with E-state index in [1.807, 2.05) is 12.1 Å². The van der Waals surface area contributed by atoms with Crippen molar-refractivity contribution in [1.82, 2.24) is 35.1 Å². The van der Waals surface area contributed by atoms with E-state index in [0.29, 0.717) is 39.5 Å². The zero-order valence-corrected chi connectivity index (χ0v) is 20.9. The number of aromatic hydroxyl groups is 1. The number of imidazole rings is 1.